The van der Waals surface area contributed by atoms with E-state index in [-0.39, 0.29) is 23.0 Å². The van der Waals surface area contributed by atoms with Gasteiger partial charge in [-0.3, -0.25) is 0 Å². The van der Waals surface area contributed by atoms with Crippen molar-refractivity contribution in [3.63, 3.8) is 0 Å². The Morgan fingerprint density at radius 3 is 2.50 bits per heavy atom. The van der Waals surface area contributed by atoms with Crippen molar-refractivity contribution in [1.29, 1.82) is 0 Å². The number of aliphatic hydroxyl groups excluding tert-OH is 3. The van der Waals surface area contributed by atoms with Crippen LogP contribution in [0.15, 0.2) is 11.6 Å². The second-order valence-corrected chi connectivity index (χ2v) is 8.92. The minimum Gasteiger partial charge on any atom is -0.393 e. The summed E-state index contributed by atoms with van der Waals surface area (Å²) in [5.74, 6) is 1.25. The summed E-state index contributed by atoms with van der Waals surface area (Å²) in [6, 6.07) is 0. The van der Waals surface area contributed by atoms with E-state index in [1.165, 1.54) is 5.57 Å². The Hall–Kier alpha value is -0.380. The topological polar surface area (TPSA) is 60.7 Å². The predicted octanol–water partition coefficient (Wildman–Crippen LogP) is 2.64. The number of rotatable bonds is 0. The highest BCUT2D eigenvalue weighted by Crippen LogP contribution is 2.64. The molecule has 4 unspecified atom stereocenters. The van der Waals surface area contributed by atoms with Crippen molar-refractivity contribution in [2.45, 2.75) is 77.1 Å². The Kier molecular flexibility index (Phi) is 3.32. The number of fused-ring (bicyclic) bond motifs is 5. The molecule has 124 valence electrons. The van der Waals surface area contributed by atoms with Crippen molar-refractivity contribution in [2.75, 3.05) is 0 Å². The lowest BCUT2D eigenvalue weighted by Crippen LogP contribution is -2.55. The molecule has 0 aromatic heterocycles. The molecule has 0 aromatic carbocycles. The van der Waals surface area contributed by atoms with Gasteiger partial charge in [0.05, 0.1) is 18.3 Å². The molecule has 22 heavy (non-hydrogen) atoms. The van der Waals surface area contributed by atoms with Crippen LogP contribution in [0.1, 0.15) is 58.8 Å². The second kappa shape index (κ2) is 4.81. The molecular weight excluding hydrogens is 276 g/mol. The molecule has 3 saturated carbocycles. The van der Waals surface area contributed by atoms with Crippen LogP contribution in [0.4, 0.5) is 0 Å². The molecule has 3 fully saturated rings. The third-order valence-electron chi connectivity index (χ3n) is 8.05. The third kappa shape index (κ3) is 1.85. The van der Waals surface area contributed by atoms with Crippen LogP contribution in [0.3, 0.4) is 0 Å². The predicted molar refractivity (Wildman–Crippen MR) is 85.1 cm³/mol. The van der Waals surface area contributed by atoms with Crippen LogP contribution >= 0.6 is 0 Å². The Morgan fingerprint density at radius 2 is 1.73 bits per heavy atom. The molecule has 4 aliphatic carbocycles. The second-order valence-electron chi connectivity index (χ2n) is 8.92. The van der Waals surface area contributed by atoms with Gasteiger partial charge in [-0.25, -0.2) is 0 Å². The quantitative estimate of drug-likeness (QED) is 0.603. The van der Waals surface area contributed by atoms with Gasteiger partial charge in [-0.2, -0.15) is 0 Å². The van der Waals surface area contributed by atoms with Crippen molar-refractivity contribution < 1.29 is 15.3 Å². The average Bonchev–Trinajstić information content (AvgIpc) is 2.77. The van der Waals surface area contributed by atoms with Gasteiger partial charge < -0.3 is 15.3 Å². The summed E-state index contributed by atoms with van der Waals surface area (Å²) in [6.07, 6.45) is 8.05. The Bertz CT molecular complexity index is 501. The molecule has 8 atom stereocenters. The van der Waals surface area contributed by atoms with Gasteiger partial charge in [0.2, 0.25) is 0 Å². The molecule has 4 rings (SSSR count). The zero-order valence-electron chi connectivity index (χ0n) is 13.8. The highest BCUT2D eigenvalue weighted by molar-refractivity contribution is 5.27. The summed E-state index contributed by atoms with van der Waals surface area (Å²) in [7, 11) is 0. The molecule has 3 heteroatoms. The van der Waals surface area contributed by atoms with E-state index in [0.29, 0.717) is 17.8 Å². The number of aliphatic hydroxyl groups is 3. The van der Waals surface area contributed by atoms with Gasteiger partial charge in [0.15, 0.2) is 0 Å². The molecule has 3 N–H and O–H groups in total. The summed E-state index contributed by atoms with van der Waals surface area (Å²) in [5, 5.41) is 31.3. The van der Waals surface area contributed by atoms with Crippen LogP contribution < -0.4 is 0 Å². The zero-order valence-corrected chi connectivity index (χ0v) is 13.8. The summed E-state index contributed by atoms with van der Waals surface area (Å²) >= 11 is 0. The lowest BCUT2D eigenvalue weighted by molar-refractivity contribution is -0.105. The Morgan fingerprint density at radius 1 is 0.955 bits per heavy atom. The summed E-state index contributed by atoms with van der Waals surface area (Å²) in [5.41, 5.74) is 1.44. The van der Waals surface area contributed by atoms with Crippen molar-refractivity contribution in [1.82, 2.24) is 0 Å². The van der Waals surface area contributed by atoms with E-state index in [1.807, 2.05) is 0 Å². The Balaban J connectivity index is 1.73. The normalized spacial score (nSPS) is 57.6. The van der Waals surface area contributed by atoms with Gasteiger partial charge in [0.25, 0.3) is 0 Å². The van der Waals surface area contributed by atoms with E-state index in [9.17, 15) is 15.3 Å². The lowest BCUT2D eigenvalue weighted by atomic mass is 9.47. The molecule has 0 bridgehead atoms. The van der Waals surface area contributed by atoms with Crippen molar-refractivity contribution in [2.24, 2.45) is 28.6 Å². The number of hydrogen-bond donors (Lipinski definition) is 3. The van der Waals surface area contributed by atoms with Crippen LogP contribution in [0, 0.1) is 28.6 Å². The maximum atomic E-state index is 10.9. The van der Waals surface area contributed by atoms with E-state index >= 15 is 0 Å². The van der Waals surface area contributed by atoms with Crippen LogP contribution in [0.5, 0.6) is 0 Å². The Labute approximate surface area is 133 Å². The van der Waals surface area contributed by atoms with Crippen LogP contribution in [-0.4, -0.2) is 33.6 Å². The van der Waals surface area contributed by atoms with E-state index in [2.05, 4.69) is 19.9 Å². The first-order valence-electron chi connectivity index (χ1n) is 9.11. The van der Waals surface area contributed by atoms with Gasteiger partial charge >= 0.3 is 0 Å². The van der Waals surface area contributed by atoms with Crippen molar-refractivity contribution in [3.8, 4) is 0 Å². The fraction of sp³-hybridized carbons (Fsp3) is 0.895. The third-order valence-corrected chi connectivity index (χ3v) is 8.05. The highest BCUT2D eigenvalue weighted by atomic mass is 16.3. The molecule has 0 spiro atoms. The van der Waals surface area contributed by atoms with Crippen LogP contribution in [-0.2, 0) is 0 Å². The summed E-state index contributed by atoms with van der Waals surface area (Å²) in [4.78, 5) is 0. The van der Waals surface area contributed by atoms with Crippen molar-refractivity contribution >= 4 is 0 Å². The average molecular weight is 306 g/mol. The van der Waals surface area contributed by atoms with Crippen molar-refractivity contribution in [3.05, 3.63) is 11.6 Å². The number of hydrogen-bond acceptors (Lipinski definition) is 3. The van der Waals surface area contributed by atoms with E-state index in [1.54, 1.807) is 0 Å². The van der Waals surface area contributed by atoms with Gasteiger partial charge in [0, 0.05) is 0 Å². The molecule has 0 radical (unpaired) electrons. The monoisotopic (exact) mass is 306 g/mol. The highest BCUT2D eigenvalue weighted by Gasteiger charge is 2.60. The van der Waals surface area contributed by atoms with Crippen LogP contribution in [0.2, 0.25) is 0 Å². The fourth-order valence-corrected chi connectivity index (χ4v) is 6.60. The SMILES string of the molecule is C[C@]12CC[C@H](O)CC1=CC(O)C1C2CC[C@@]2(C)C1CC[C@H]2O. The molecule has 0 heterocycles. The maximum Gasteiger partial charge on any atom is 0.0757 e. The lowest BCUT2D eigenvalue weighted by Gasteiger charge is -2.58. The van der Waals surface area contributed by atoms with Crippen LogP contribution in [0.25, 0.3) is 0 Å². The largest absolute Gasteiger partial charge is 0.393 e. The van der Waals surface area contributed by atoms with E-state index in [4.69, 9.17) is 0 Å². The first-order chi connectivity index (χ1) is 10.4. The van der Waals surface area contributed by atoms with E-state index in [0.717, 1.165) is 44.9 Å². The summed E-state index contributed by atoms with van der Waals surface area (Å²) in [6.45, 7) is 4.60. The molecule has 0 aromatic rings. The zero-order chi connectivity index (χ0) is 15.7. The summed E-state index contributed by atoms with van der Waals surface area (Å²) < 4.78 is 0. The molecular formula is C19H30O3. The van der Waals surface area contributed by atoms with Gasteiger partial charge in [0.1, 0.15) is 0 Å². The van der Waals surface area contributed by atoms with Gasteiger partial charge in [-0.15, -0.1) is 0 Å². The first kappa shape index (κ1) is 15.2. The smallest absolute Gasteiger partial charge is 0.0757 e. The standard InChI is InChI=1S/C19H30O3/c1-18-7-5-12(20)9-11(18)10-15(21)17-13-3-4-16(22)19(13,2)8-6-14(17)18/h10,12-17,20-22H,3-9H2,1-2H3/t12-,13?,14?,15?,16+,17?,18-,19-/m0/s1. The minimum absolute atomic E-state index is 0.00195. The molecule has 0 aliphatic heterocycles. The maximum absolute atomic E-state index is 10.9. The van der Waals surface area contributed by atoms with E-state index < -0.39 is 6.10 Å². The minimum atomic E-state index is -0.395. The first-order valence-corrected chi connectivity index (χ1v) is 9.11. The molecule has 0 saturated heterocycles. The molecule has 4 aliphatic rings. The van der Waals surface area contributed by atoms with Gasteiger partial charge in [-0.1, -0.05) is 25.5 Å². The molecule has 3 nitrogen and oxygen atoms in total. The molecule has 0 amide bonds. The fourth-order valence-electron chi connectivity index (χ4n) is 6.60. The van der Waals surface area contributed by atoms with Gasteiger partial charge in [-0.05, 0) is 73.5 Å².